The fourth-order valence-corrected chi connectivity index (χ4v) is 11.3. The number of nitrogens with two attached hydrogens (primary N) is 1. The average molecular weight is 1360 g/mol. The van der Waals surface area contributed by atoms with Gasteiger partial charge in [-0.2, -0.15) is 0 Å². The summed E-state index contributed by atoms with van der Waals surface area (Å²) >= 11 is 1.23. The third-order valence-corrected chi connectivity index (χ3v) is 16.9. The van der Waals surface area contributed by atoms with E-state index in [4.69, 9.17) is 29.4 Å². The molecule has 0 bridgehead atoms. The van der Waals surface area contributed by atoms with E-state index in [1.165, 1.54) is 55.0 Å². The van der Waals surface area contributed by atoms with Crippen LogP contribution in [-0.4, -0.2) is 233 Å². The number of nitrogens with one attached hydrogen (secondary N) is 7. The smallest absolute Gasteiger partial charge is 0.411 e. The highest BCUT2D eigenvalue weighted by molar-refractivity contribution is 8.00. The lowest BCUT2D eigenvalue weighted by atomic mass is 9.76. The van der Waals surface area contributed by atoms with E-state index in [9.17, 15) is 78.3 Å². The van der Waals surface area contributed by atoms with Gasteiger partial charge in [-0.3, -0.25) is 48.6 Å². The molecule has 9 amide bonds. The fraction of sp³-hybridized carbons (Fsp3) is 0.603. The maximum atomic E-state index is 14.3. The van der Waals surface area contributed by atoms with Crippen LogP contribution in [0.5, 0.6) is 5.75 Å². The number of hydrogen-bond acceptors (Lipinski definition) is 22. The summed E-state index contributed by atoms with van der Waals surface area (Å²) in [4.78, 5) is 148. The second-order valence-corrected chi connectivity index (χ2v) is 26.2. The van der Waals surface area contributed by atoms with Crippen LogP contribution in [0.4, 0.5) is 10.5 Å². The number of nitrogens with zero attached hydrogens (tertiary/aromatic N) is 2. The Bertz CT molecular complexity index is 3070. The standard InChI is InChI=1S/C63H94N10O21S/c1-13-95-43-28-46(76)73(56(43)83)41(29-64)54(81)70-39(31-68-45(75)20-22-91-24-23-90-12)53(80)66-21-19-44(74)67-30-36-26-35(17-18-42(36)93-60-49(79)47(77)48(78)50(94-60)59(87)88)32-92-61(89)69-38-16-14-15-37(27-38)63(8,9)51(65-10)55(82)71-52(62(5,6)7)57(84)72(11)40(33(2)3)25-34(4)58(85)86/h14-18,25-27,33,39-41,43,47-52,60,65,77-79H,13,19-24,28-32,64H2,1-12H3,(H,66,80)(H,67,74)(H,68,75)(H,69,89)(H,70,81)(H,71,82)(H,85,86)(H,87,88)/b34-25+. The predicted octanol–water partition coefficient (Wildman–Crippen LogP) is -0.399. The fourth-order valence-electron chi connectivity index (χ4n) is 10.3. The molecule has 2 fully saturated rings. The van der Waals surface area contributed by atoms with Gasteiger partial charge in [-0.05, 0) is 66.4 Å². The first kappa shape index (κ1) is 79.6. The molecule has 2 aliphatic heterocycles. The molecule has 0 radical (unpaired) electrons. The molecule has 2 aromatic carbocycles. The number of amides is 9. The van der Waals surface area contributed by atoms with Crippen LogP contribution in [0, 0.1) is 11.3 Å². The summed E-state index contributed by atoms with van der Waals surface area (Å²) < 4.78 is 27.1. The second kappa shape index (κ2) is 36.9. The Morgan fingerprint density at radius 1 is 0.853 bits per heavy atom. The summed E-state index contributed by atoms with van der Waals surface area (Å²) in [6.07, 6.45) is -10.1. The summed E-state index contributed by atoms with van der Waals surface area (Å²) in [5.41, 5.74) is 5.43. The molecule has 2 saturated heterocycles. The van der Waals surface area contributed by atoms with E-state index < -0.39 is 168 Å². The number of methoxy groups -OCH3 is 1. The molecule has 32 heteroatoms. The van der Waals surface area contributed by atoms with Crippen molar-refractivity contribution in [2.45, 2.75) is 166 Å². The van der Waals surface area contributed by atoms with Crippen molar-refractivity contribution in [3.63, 3.8) is 0 Å². The van der Waals surface area contributed by atoms with Crippen molar-refractivity contribution in [1.29, 1.82) is 0 Å². The Morgan fingerprint density at radius 2 is 1.54 bits per heavy atom. The van der Waals surface area contributed by atoms with E-state index in [1.54, 1.807) is 79.9 Å². The van der Waals surface area contributed by atoms with Crippen LogP contribution in [0.15, 0.2) is 54.1 Å². The minimum absolute atomic E-state index is 0.00289. The van der Waals surface area contributed by atoms with Gasteiger partial charge in [-0.1, -0.05) is 79.7 Å². The zero-order valence-corrected chi connectivity index (χ0v) is 56.5. The monoisotopic (exact) mass is 1360 g/mol. The van der Waals surface area contributed by atoms with Crippen molar-refractivity contribution in [2.75, 3.05) is 71.7 Å². The van der Waals surface area contributed by atoms with E-state index in [0.29, 0.717) is 16.9 Å². The van der Waals surface area contributed by atoms with Crippen molar-refractivity contribution < 1.29 is 102 Å². The van der Waals surface area contributed by atoms with Gasteiger partial charge in [0.15, 0.2) is 6.10 Å². The number of benzene rings is 2. The minimum atomic E-state index is -2.05. The number of likely N-dealkylation sites (N-methyl/N-ethyl adjacent to an activating group) is 2. The number of ether oxygens (including phenoxy) is 5. The minimum Gasteiger partial charge on any atom is -0.479 e. The van der Waals surface area contributed by atoms with Gasteiger partial charge in [0.05, 0.1) is 37.2 Å². The lowest BCUT2D eigenvalue weighted by Crippen LogP contribution is -2.61. The Kier molecular flexibility index (Phi) is 30.9. The molecule has 0 aromatic heterocycles. The molecule has 0 saturated carbocycles. The molecule has 0 aliphatic carbocycles. The van der Waals surface area contributed by atoms with Crippen LogP contribution in [-0.2, 0) is 85.5 Å². The van der Waals surface area contributed by atoms with Crippen LogP contribution < -0.4 is 47.7 Å². The van der Waals surface area contributed by atoms with Crippen LogP contribution in [0.3, 0.4) is 0 Å². The van der Waals surface area contributed by atoms with E-state index in [2.05, 4.69) is 37.2 Å². The van der Waals surface area contributed by atoms with Crippen LogP contribution >= 0.6 is 11.8 Å². The van der Waals surface area contributed by atoms with Crippen molar-refractivity contribution in [3.05, 3.63) is 70.8 Å². The predicted molar refractivity (Wildman–Crippen MR) is 345 cm³/mol. The van der Waals surface area contributed by atoms with Gasteiger partial charge in [-0.25, -0.2) is 14.4 Å². The van der Waals surface area contributed by atoms with Gasteiger partial charge in [0.1, 0.15) is 48.8 Å². The van der Waals surface area contributed by atoms with Gasteiger partial charge >= 0.3 is 18.0 Å². The van der Waals surface area contributed by atoms with Crippen molar-refractivity contribution in [2.24, 2.45) is 17.1 Å². The maximum absolute atomic E-state index is 14.3. The van der Waals surface area contributed by atoms with Gasteiger partial charge < -0.3 is 91.8 Å². The number of hydrogen-bond donors (Lipinski definition) is 13. The van der Waals surface area contributed by atoms with Gasteiger partial charge in [0.2, 0.25) is 53.5 Å². The molecule has 2 aromatic rings. The van der Waals surface area contributed by atoms with Crippen molar-refractivity contribution in [1.82, 2.24) is 41.7 Å². The molecule has 2 heterocycles. The zero-order valence-electron chi connectivity index (χ0n) is 55.7. The van der Waals surface area contributed by atoms with E-state index >= 15 is 0 Å². The number of imide groups is 1. The molecule has 2 aliphatic rings. The average Bonchev–Trinajstić information content (AvgIpc) is 1.61. The lowest BCUT2D eigenvalue weighted by molar-refractivity contribution is -0.271. The van der Waals surface area contributed by atoms with Gasteiger partial charge in [-0.15, -0.1) is 11.8 Å². The summed E-state index contributed by atoms with van der Waals surface area (Å²) in [6, 6.07) is 5.18. The molecular weight excluding hydrogens is 1260 g/mol. The molecule has 4 rings (SSSR count). The molecule has 14 N–H and O–H groups in total. The Labute approximate surface area is 556 Å². The number of carboxylic acid groups (broad SMARTS) is 2. The Balaban J connectivity index is 1.51. The molecule has 11 unspecified atom stereocenters. The van der Waals surface area contributed by atoms with E-state index in [0.717, 1.165) is 4.90 Å². The summed E-state index contributed by atoms with van der Waals surface area (Å²) in [6.45, 7) is 14.3. The van der Waals surface area contributed by atoms with E-state index in [-0.39, 0.29) is 74.2 Å². The van der Waals surface area contributed by atoms with Crippen LogP contribution in [0.25, 0.3) is 0 Å². The summed E-state index contributed by atoms with van der Waals surface area (Å²) in [5, 5.41) is 69.0. The summed E-state index contributed by atoms with van der Waals surface area (Å²) in [5.74, 6) is -7.88. The maximum Gasteiger partial charge on any atom is 0.411 e. The number of anilines is 1. The number of carboxylic acids is 2. The number of carbonyl (C=O) groups excluding carboxylic acids is 9. The number of aliphatic carboxylic acids is 2. The third kappa shape index (κ3) is 22.7. The Morgan fingerprint density at radius 3 is 2.15 bits per heavy atom. The van der Waals surface area contributed by atoms with Crippen molar-refractivity contribution in [3.8, 4) is 5.75 Å². The first-order valence-corrected chi connectivity index (χ1v) is 31.9. The van der Waals surface area contributed by atoms with Crippen LogP contribution in [0.1, 0.15) is 98.3 Å². The third-order valence-electron chi connectivity index (χ3n) is 15.8. The first-order valence-electron chi connectivity index (χ1n) is 30.9. The molecule has 95 heavy (non-hydrogen) atoms. The van der Waals surface area contributed by atoms with Gasteiger partial charge in [0.25, 0.3) is 0 Å². The van der Waals surface area contributed by atoms with E-state index in [1.807, 2.05) is 13.8 Å². The summed E-state index contributed by atoms with van der Waals surface area (Å²) in [7, 11) is 4.63. The SMILES string of the molecule is CCSC1CC(=O)N(C(CN)C(=O)NC(CNC(=O)CCOCCOC)C(=O)NCCC(=O)NCc2cc(COC(=O)Nc3cccc(C(C)(C)C(NC)C(=O)NC(C(=O)N(C)C(/C=C(\C)C(=O)O)C(C)C)C(C)(C)C)c3)ccc2OC2OC(C(=O)O)C(O)C(O)C2O)C1=O. The van der Waals surface area contributed by atoms with Crippen LogP contribution in [0.2, 0.25) is 0 Å². The zero-order chi connectivity index (χ0) is 71.2. The Hall–Kier alpha value is -7.82. The number of thioether (sulfide) groups is 1. The number of aliphatic hydroxyl groups excluding tert-OH is 3. The number of likely N-dealkylation sites (tertiary alicyclic amines) is 1. The highest BCUT2D eigenvalue weighted by Gasteiger charge is 2.49. The van der Waals surface area contributed by atoms with Gasteiger partial charge in [0, 0.05) is 81.8 Å². The molecule has 528 valence electrons. The second-order valence-electron chi connectivity index (χ2n) is 24.7. The molecule has 31 nitrogen and oxygen atoms in total. The number of aliphatic hydroxyl groups is 3. The topological polar surface area (TPSA) is 452 Å². The first-order chi connectivity index (χ1) is 44.6. The van der Waals surface area contributed by atoms with Crippen molar-refractivity contribution >= 4 is 82.7 Å². The number of carbonyl (C=O) groups is 11. The lowest BCUT2D eigenvalue weighted by Gasteiger charge is -2.40. The quantitative estimate of drug-likeness (QED) is 0.0234. The highest BCUT2D eigenvalue weighted by atomic mass is 32.2. The highest BCUT2D eigenvalue weighted by Crippen LogP contribution is 2.33. The molecule has 0 spiro atoms. The molecule has 11 atom stereocenters. The molecular formula is C63H94N10O21S. The largest absolute Gasteiger partial charge is 0.479 e. The normalized spacial score (nSPS) is 19.9. The number of rotatable bonds is 36.